The molecule has 0 aromatic heterocycles. The Labute approximate surface area is 252 Å². The molecule has 0 heterocycles. The zero-order chi connectivity index (χ0) is 29.2. The summed E-state index contributed by atoms with van der Waals surface area (Å²) < 4.78 is 0. The molecule has 7 aromatic rings. The minimum Gasteiger partial charge on any atom is -0.233 e. The maximum absolute atomic E-state index is 5.16. The number of aliphatic imine (C=N–C) groups is 2. The van der Waals surface area contributed by atoms with Crippen LogP contribution in [0.1, 0.15) is 23.6 Å². The molecule has 0 radical (unpaired) electrons. The predicted molar refractivity (Wildman–Crippen MR) is 185 cm³/mol. The van der Waals surface area contributed by atoms with Crippen LogP contribution in [0.3, 0.4) is 0 Å². The first-order valence-electron chi connectivity index (χ1n) is 14.5. The van der Waals surface area contributed by atoms with E-state index in [4.69, 9.17) is 9.98 Å². The van der Waals surface area contributed by atoms with Crippen molar-refractivity contribution in [3.8, 4) is 11.1 Å². The lowest BCUT2D eigenvalue weighted by Gasteiger charge is -2.12. The highest BCUT2D eigenvalue weighted by atomic mass is 14.9. The Morgan fingerprint density at radius 1 is 0.465 bits per heavy atom. The summed E-state index contributed by atoms with van der Waals surface area (Å²) in [4.78, 5) is 10.3. The van der Waals surface area contributed by atoms with E-state index in [1.807, 2.05) is 25.1 Å². The highest BCUT2D eigenvalue weighted by Crippen LogP contribution is 2.31. The lowest BCUT2D eigenvalue weighted by Crippen LogP contribution is -2.05. The van der Waals surface area contributed by atoms with E-state index in [1.165, 1.54) is 16.3 Å². The van der Waals surface area contributed by atoms with E-state index in [9.17, 15) is 0 Å². The van der Waals surface area contributed by atoms with E-state index in [0.717, 1.165) is 49.5 Å². The van der Waals surface area contributed by atoms with Gasteiger partial charge in [-0.3, -0.25) is 0 Å². The molecule has 204 valence electrons. The Morgan fingerprint density at radius 2 is 1.05 bits per heavy atom. The van der Waals surface area contributed by atoms with Crippen LogP contribution in [-0.4, -0.2) is 11.5 Å². The van der Waals surface area contributed by atoms with Crippen molar-refractivity contribution in [2.45, 2.75) is 6.92 Å². The van der Waals surface area contributed by atoms with Crippen molar-refractivity contribution in [2.75, 3.05) is 0 Å². The minimum absolute atomic E-state index is 0.639. The smallest absolute Gasteiger partial charge is 0.160 e. The van der Waals surface area contributed by atoms with Crippen LogP contribution in [0.2, 0.25) is 0 Å². The molecule has 2 heteroatoms. The first-order chi connectivity index (χ1) is 21.1. The number of benzene rings is 7. The molecule has 0 saturated carbocycles. The van der Waals surface area contributed by atoms with Gasteiger partial charge in [0.15, 0.2) is 5.84 Å². The lowest BCUT2D eigenvalue weighted by molar-refractivity contribution is 1.46. The third kappa shape index (κ3) is 5.27. The minimum atomic E-state index is 0.639. The van der Waals surface area contributed by atoms with Crippen LogP contribution in [0.25, 0.3) is 49.1 Å². The summed E-state index contributed by atoms with van der Waals surface area (Å²) in [7, 11) is 0. The van der Waals surface area contributed by atoms with Gasteiger partial charge in [-0.15, -0.1) is 0 Å². The number of rotatable bonds is 5. The largest absolute Gasteiger partial charge is 0.233 e. The molecule has 0 aliphatic heterocycles. The van der Waals surface area contributed by atoms with Crippen LogP contribution in [0.5, 0.6) is 0 Å². The Bertz CT molecular complexity index is 2200. The Balaban J connectivity index is 1.41. The van der Waals surface area contributed by atoms with Gasteiger partial charge in [-0.1, -0.05) is 146 Å². The molecule has 0 N–H and O–H groups in total. The van der Waals surface area contributed by atoms with Gasteiger partial charge in [0.25, 0.3) is 0 Å². The molecular formula is C41H30N2. The molecule has 0 atom stereocenters. The van der Waals surface area contributed by atoms with Crippen molar-refractivity contribution < 1.29 is 0 Å². The second-order valence-corrected chi connectivity index (χ2v) is 10.8. The van der Waals surface area contributed by atoms with Crippen LogP contribution >= 0.6 is 0 Å². The third-order valence-corrected chi connectivity index (χ3v) is 8.01. The van der Waals surface area contributed by atoms with Gasteiger partial charge < -0.3 is 0 Å². The molecule has 0 saturated heterocycles. The van der Waals surface area contributed by atoms with Gasteiger partial charge in [-0.2, -0.15) is 0 Å². The third-order valence-electron chi connectivity index (χ3n) is 8.01. The van der Waals surface area contributed by atoms with Crippen LogP contribution < -0.4 is 0 Å². The number of fused-ring (bicyclic) bond motifs is 3. The first-order valence-corrected chi connectivity index (χ1v) is 14.5. The molecule has 0 spiro atoms. The molecule has 0 unspecified atom stereocenters. The van der Waals surface area contributed by atoms with E-state index < -0.39 is 0 Å². The van der Waals surface area contributed by atoms with Crippen molar-refractivity contribution in [1.82, 2.24) is 0 Å². The average molecular weight is 551 g/mol. The van der Waals surface area contributed by atoms with Crippen molar-refractivity contribution in [3.05, 3.63) is 175 Å². The summed E-state index contributed by atoms with van der Waals surface area (Å²) >= 11 is 0. The van der Waals surface area contributed by atoms with Crippen molar-refractivity contribution in [1.29, 1.82) is 0 Å². The molecule has 7 rings (SSSR count). The fraction of sp³-hybridized carbons (Fsp3) is 0.0244. The van der Waals surface area contributed by atoms with Gasteiger partial charge in [-0.25, -0.2) is 9.98 Å². The second-order valence-electron chi connectivity index (χ2n) is 10.8. The van der Waals surface area contributed by atoms with Crippen molar-refractivity contribution in [2.24, 2.45) is 9.98 Å². The van der Waals surface area contributed by atoms with E-state index >= 15 is 0 Å². The fourth-order valence-corrected chi connectivity index (χ4v) is 5.73. The van der Waals surface area contributed by atoms with E-state index in [-0.39, 0.29) is 0 Å². The number of amidine groups is 1. The Kier molecular flexibility index (Phi) is 6.94. The van der Waals surface area contributed by atoms with Gasteiger partial charge in [0.2, 0.25) is 0 Å². The average Bonchev–Trinajstić information content (AvgIpc) is 3.07. The molecule has 0 amide bonds. The zero-order valence-corrected chi connectivity index (χ0v) is 24.0. The summed E-state index contributed by atoms with van der Waals surface area (Å²) in [5, 5.41) is 6.98. The SMILES string of the molecule is C=C(/N=C(\N=C(/C)c1ccccc1)c1cccc2ccc(-c3ccc4ccccc4c3)cc12)c1cccc2ccccc12. The summed E-state index contributed by atoms with van der Waals surface area (Å²) in [6.07, 6.45) is 0. The monoisotopic (exact) mass is 550 g/mol. The van der Waals surface area contributed by atoms with E-state index in [0.29, 0.717) is 11.5 Å². The summed E-state index contributed by atoms with van der Waals surface area (Å²) in [6.45, 7) is 6.48. The van der Waals surface area contributed by atoms with Gasteiger partial charge in [0.05, 0.1) is 5.70 Å². The highest BCUT2D eigenvalue weighted by molar-refractivity contribution is 6.18. The number of hydrogen-bond acceptors (Lipinski definition) is 1. The number of hydrogen-bond donors (Lipinski definition) is 0. The summed E-state index contributed by atoms with van der Waals surface area (Å²) in [5.41, 5.74) is 6.94. The first kappa shape index (κ1) is 26.3. The van der Waals surface area contributed by atoms with Crippen molar-refractivity contribution in [3.63, 3.8) is 0 Å². The second kappa shape index (κ2) is 11.3. The molecule has 7 aromatic carbocycles. The normalized spacial score (nSPS) is 12.2. The fourth-order valence-electron chi connectivity index (χ4n) is 5.73. The Morgan fingerprint density at radius 3 is 1.84 bits per heavy atom. The molecule has 43 heavy (non-hydrogen) atoms. The molecule has 0 aliphatic carbocycles. The van der Waals surface area contributed by atoms with Crippen LogP contribution in [0.4, 0.5) is 0 Å². The van der Waals surface area contributed by atoms with E-state index in [1.54, 1.807) is 0 Å². The molecule has 2 nitrogen and oxygen atoms in total. The zero-order valence-electron chi connectivity index (χ0n) is 24.0. The van der Waals surface area contributed by atoms with Crippen molar-refractivity contribution >= 4 is 49.6 Å². The van der Waals surface area contributed by atoms with Crippen LogP contribution in [0.15, 0.2) is 168 Å². The maximum Gasteiger partial charge on any atom is 0.160 e. The van der Waals surface area contributed by atoms with Gasteiger partial charge >= 0.3 is 0 Å². The standard InChI is InChI=1S/C41H30N2/c1-28(30-12-4-3-5-13-30)42-41(43-29(2)37-20-10-17-32-15-8-9-19-38(32)37)39-21-11-18-33-23-25-36(27-40(33)39)35-24-22-31-14-6-7-16-34(31)26-35/h3-27H,2H2,1H3/b42-28+,43-41-. The van der Waals surface area contributed by atoms with Crippen LogP contribution in [-0.2, 0) is 0 Å². The quantitative estimate of drug-likeness (QED) is 0.150. The lowest BCUT2D eigenvalue weighted by atomic mass is 9.96. The van der Waals surface area contributed by atoms with Gasteiger partial charge in [-0.05, 0) is 68.1 Å². The maximum atomic E-state index is 5.16. The molecule has 0 aliphatic rings. The van der Waals surface area contributed by atoms with Gasteiger partial charge in [0.1, 0.15) is 0 Å². The van der Waals surface area contributed by atoms with E-state index in [2.05, 4.69) is 140 Å². The summed E-state index contributed by atoms with van der Waals surface area (Å²) in [6, 6.07) is 53.0. The highest BCUT2D eigenvalue weighted by Gasteiger charge is 2.13. The summed E-state index contributed by atoms with van der Waals surface area (Å²) in [5.74, 6) is 0.639. The molecule has 0 bridgehead atoms. The molecular weight excluding hydrogens is 520 g/mol. The van der Waals surface area contributed by atoms with Gasteiger partial charge in [0, 0.05) is 16.8 Å². The molecule has 0 fully saturated rings. The Hall–Kier alpha value is -5.60. The topological polar surface area (TPSA) is 24.7 Å². The van der Waals surface area contributed by atoms with Crippen LogP contribution in [0, 0.1) is 0 Å². The predicted octanol–water partition coefficient (Wildman–Crippen LogP) is 10.7. The number of nitrogens with zero attached hydrogens (tertiary/aromatic N) is 2.